The summed E-state index contributed by atoms with van der Waals surface area (Å²) in [6, 6.07) is 8.51. The van der Waals surface area contributed by atoms with Crippen LogP contribution in [-0.2, 0) is 16.1 Å². The Morgan fingerprint density at radius 3 is 2.53 bits per heavy atom. The number of hydrogen-bond donors (Lipinski definition) is 1. The quantitative estimate of drug-likeness (QED) is 0.501. The van der Waals surface area contributed by atoms with Gasteiger partial charge in [-0.15, -0.1) is 11.3 Å². The lowest BCUT2D eigenvalue weighted by atomic mass is 9.91. The highest BCUT2D eigenvalue weighted by Gasteiger charge is 2.34. The van der Waals surface area contributed by atoms with E-state index in [-0.39, 0.29) is 17.7 Å². The molecule has 0 saturated carbocycles. The first kappa shape index (κ1) is 25.5. The van der Waals surface area contributed by atoms with Crippen molar-refractivity contribution in [3.05, 3.63) is 65.3 Å². The van der Waals surface area contributed by atoms with Gasteiger partial charge in [0.2, 0.25) is 12.3 Å². The second-order valence-corrected chi connectivity index (χ2v) is 9.69. The van der Waals surface area contributed by atoms with Crippen LogP contribution in [0.5, 0.6) is 0 Å². The number of carbonyl (C=O) groups is 2. The van der Waals surface area contributed by atoms with Gasteiger partial charge in [0.15, 0.2) is 0 Å². The Morgan fingerprint density at radius 2 is 2.00 bits per heavy atom. The van der Waals surface area contributed by atoms with Crippen LogP contribution in [0.3, 0.4) is 0 Å². The molecule has 2 amide bonds. The molecular weight excluding hydrogens is 446 g/mol. The summed E-state index contributed by atoms with van der Waals surface area (Å²) in [5, 5.41) is 2.64. The largest absolute Gasteiger partial charge is 0.355 e. The van der Waals surface area contributed by atoms with Gasteiger partial charge in [-0.05, 0) is 43.7 Å². The number of benzene rings is 1. The monoisotopic (exact) mass is 479 g/mol. The second-order valence-electron chi connectivity index (χ2n) is 8.84. The zero-order valence-electron chi connectivity index (χ0n) is 20.3. The number of nitrogens with zero attached hydrogens (tertiary/aromatic N) is 4. The first-order valence-corrected chi connectivity index (χ1v) is 12.5. The number of nitrogens with one attached hydrogen (secondary N) is 1. The summed E-state index contributed by atoms with van der Waals surface area (Å²) in [4.78, 5) is 38.6. The molecule has 0 radical (unpaired) electrons. The van der Waals surface area contributed by atoms with Crippen molar-refractivity contribution in [2.75, 3.05) is 6.54 Å². The Bertz CT molecular complexity index is 1050. The predicted octanol–water partition coefficient (Wildman–Crippen LogP) is 4.59. The summed E-state index contributed by atoms with van der Waals surface area (Å²) >= 11 is 1.64. The molecule has 0 aliphatic carbocycles. The summed E-state index contributed by atoms with van der Waals surface area (Å²) < 4.78 is 0. The van der Waals surface area contributed by atoms with E-state index in [1.807, 2.05) is 29.5 Å². The van der Waals surface area contributed by atoms with E-state index in [1.54, 1.807) is 29.9 Å². The molecule has 1 N–H and O–H groups in total. The molecule has 1 aliphatic rings. The van der Waals surface area contributed by atoms with Crippen LogP contribution in [0.4, 0.5) is 0 Å². The molecule has 3 heterocycles. The highest BCUT2D eigenvalue weighted by molar-refractivity contribution is 7.13. The normalized spacial score (nSPS) is 16.0. The minimum atomic E-state index is -0.167. The zero-order valence-corrected chi connectivity index (χ0v) is 21.1. The van der Waals surface area contributed by atoms with Gasteiger partial charge in [0.25, 0.3) is 0 Å². The fourth-order valence-corrected chi connectivity index (χ4v) is 4.99. The van der Waals surface area contributed by atoms with Crippen LogP contribution in [0.1, 0.15) is 56.5 Å². The molecule has 0 spiro atoms. The SMILES string of the molecule is CC(C)C(C(=O)N1CCCC1C)c1cnccn1.Cc1ncsc1-c1ccc(CNC=O)cc1. The van der Waals surface area contributed by atoms with Gasteiger partial charge in [0.1, 0.15) is 0 Å². The number of rotatable bonds is 7. The van der Waals surface area contributed by atoms with Gasteiger partial charge in [0, 0.05) is 37.7 Å². The third-order valence-corrected chi connectivity index (χ3v) is 7.00. The Hall–Kier alpha value is -3.13. The van der Waals surface area contributed by atoms with Crippen LogP contribution in [0.25, 0.3) is 10.4 Å². The number of aryl methyl sites for hydroxylation is 1. The minimum Gasteiger partial charge on any atom is -0.355 e. The Morgan fingerprint density at radius 1 is 1.24 bits per heavy atom. The number of carbonyl (C=O) groups excluding carboxylic acids is 2. The lowest BCUT2D eigenvalue weighted by molar-refractivity contribution is -0.134. The molecule has 2 atom stereocenters. The van der Waals surface area contributed by atoms with E-state index in [4.69, 9.17) is 0 Å². The maximum absolute atomic E-state index is 12.7. The maximum Gasteiger partial charge on any atom is 0.232 e. The van der Waals surface area contributed by atoms with Crippen LogP contribution in [0, 0.1) is 12.8 Å². The van der Waals surface area contributed by atoms with E-state index in [1.165, 1.54) is 10.4 Å². The molecule has 3 aromatic rings. The van der Waals surface area contributed by atoms with Crippen molar-refractivity contribution in [3.63, 3.8) is 0 Å². The molecule has 34 heavy (non-hydrogen) atoms. The van der Waals surface area contributed by atoms with E-state index in [0.29, 0.717) is 19.0 Å². The van der Waals surface area contributed by atoms with Crippen LogP contribution < -0.4 is 5.32 Å². The van der Waals surface area contributed by atoms with E-state index >= 15 is 0 Å². The van der Waals surface area contributed by atoms with Crippen LogP contribution >= 0.6 is 11.3 Å². The van der Waals surface area contributed by atoms with Gasteiger partial charge in [0.05, 0.1) is 27.7 Å². The Labute approximate surface area is 205 Å². The van der Waals surface area contributed by atoms with Crippen molar-refractivity contribution in [2.24, 2.45) is 5.92 Å². The van der Waals surface area contributed by atoms with Crippen LogP contribution in [-0.4, -0.2) is 44.8 Å². The fraction of sp³-hybridized carbons (Fsp3) is 0.423. The molecule has 1 aromatic carbocycles. The highest BCUT2D eigenvalue weighted by Crippen LogP contribution is 2.29. The molecule has 0 bridgehead atoms. The van der Waals surface area contributed by atoms with Crippen molar-refractivity contribution in [1.82, 2.24) is 25.2 Å². The average Bonchev–Trinajstić information content (AvgIpc) is 3.47. The number of likely N-dealkylation sites (tertiary alicyclic amines) is 1. The van der Waals surface area contributed by atoms with E-state index in [2.05, 4.69) is 53.2 Å². The minimum absolute atomic E-state index is 0.167. The molecule has 1 aliphatic heterocycles. The van der Waals surface area contributed by atoms with Gasteiger partial charge in [-0.25, -0.2) is 4.98 Å². The predicted molar refractivity (Wildman–Crippen MR) is 135 cm³/mol. The lowest BCUT2D eigenvalue weighted by Gasteiger charge is -2.28. The van der Waals surface area contributed by atoms with Crippen LogP contribution in [0.15, 0.2) is 48.4 Å². The van der Waals surface area contributed by atoms with Crippen molar-refractivity contribution in [2.45, 2.75) is 59.0 Å². The topological polar surface area (TPSA) is 88.1 Å². The van der Waals surface area contributed by atoms with E-state index in [9.17, 15) is 9.59 Å². The zero-order chi connectivity index (χ0) is 24.5. The molecule has 8 heteroatoms. The molecule has 1 saturated heterocycles. The van der Waals surface area contributed by atoms with E-state index < -0.39 is 0 Å². The molecule has 1 fully saturated rings. The van der Waals surface area contributed by atoms with Gasteiger partial charge in [-0.1, -0.05) is 38.1 Å². The van der Waals surface area contributed by atoms with Crippen molar-refractivity contribution < 1.29 is 9.59 Å². The molecule has 180 valence electrons. The maximum atomic E-state index is 12.7. The van der Waals surface area contributed by atoms with Gasteiger partial charge < -0.3 is 10.2 Å². The number of amides is 2. The standard InChI is InChI=1S/C14H21N3O.C12H12N2OS/c1-10(2)13(12-9-15-6-7-16-12)14(18)17-8-4-5-11(17)3;1-9-12(16-8-14-9)11-4-2-10(3-5-11)6-13-7-15/h6-7,9-11,13H,4-5,8H2,1-3H3;2-5,7-8H,6H2,1H3,(H,13,15). The Kier molecular flexibility index (Phi) is 9.27. The second kappa shape index (κ2) is 12.4. The molecule has 7 nitrogen and oxygen atoms in total. The third-order valence-electron chi connectivity index (χ3n) is 6.02. The summed E-state index contributed by atoms with van der Waals surface area (Å²) in [6.45, 7) is 9.72. The first-order valence-electron chi connectivity index (χ1n) is 11.6. The molecule has 2 aromatic heterocycles. The van der Waals surface area contributed by atoms with Gasteiger partial charge in [-0.2, -0.15) is 0 Å². The number of hydrogen-bond acceptors (Lipinski definition) is 6. The summed E-state index contributed by atoms with van der Waals surface area (Å²) in [7, 11) is 0. The average molecular weight is 480 g/mol. The third kappa shape index (κ3) is 6.47. The smallest absolute Gasteiger partial charge is 0.232 e. The lowest BCUT2D eigenvalue weighted by Crippen LogP contribution is -2.39. The van der Waals surface area contributed by atoms with Gasteiger partial charge >= 0.3 is 0 Å². The van der Waals surface area contributed by atoms with Crippen molar-refractivity contribution >= 4 is 23.7 Å². The number of thiazole rings is 1. The first-order chi connectivity index (χ1) is 16.4. The molecular formula is C26H33N5O2S. The summed E-state index contributed by atoms with van der Waals surface area (Å²) in [6.07, 6.45) is 7.94. The molecule has 2 unspecified atom stereocenters. The number of aromatic nitrogens is 3. The van der Waals surface area contributed by atoms with Crippen LogP contribution in [0.2, 0.25) is 0 Å². The van der Waals surface area contributed by atoms with Gasteiger partial charge in [-0.3, -0.25) is 19.6 Å². The Balaban J connectivity index is 0.000000192. The van der Waals surface area contributed by atoms with Crippen molar-refractivity contribution in [3.8, 4) is 10.4 Å². The van der Waals surface area contributed by atoms with E-state index in [0.717, 1.165) is 36.3 Å². The molecule has 4 rings (SSSR count). The highest BCUT2D eigenvalue weighted by atomic mass is 32.1. The van der Waals surface area contributed by atoms with Crippen molar-refractivity contribution in [1.29, 1.82) is 0 Å². The summed E-state index contributed by atoms with van der Waals surface area (Å²) in [5.74, 6) is 0.275. The summed E-state index contributed by atoms with van der Waals surface area (Å²) in [5.41, 5.74) is 5.97. The fourth-order valence-electron chi connectivity index (χ4n) is 4.18.